The quantitative estimate of drug-likeness (QED) is 0.374. The number of benzene rings is 2. The number of para-hydroxylation sites is 2. The molecule has 0 saturated heterocycles. The Labute approximate surface area is 196 Å². The molecule has 0 bridgehead atoms. The molecular formula is C25H33ClN2O4. The van der Waals surface area contributed by atoms with E-state index < -0.39 is 0 Å². The molecule has 0 unspecified atom stereocenters. The molecule has 0 spiro atoms. The summed E-state index contributed by atoms with van der Waals surface area (Å²) in [6, 6.07) is 13.4. The number of fused-ring (bicyclic) bond motifs is 1. The normalized spacial score (nSPS) is 12.1. The molecule has 1 amide bonds. The lowest BCUT2D eigenvalue weighted by molar-refractivity contribution is -0.116. The molecule has 0 aromatic heterocycles. The highest BCUT2D eigenvalue weighted by Crippen LogP contribution is 2.29. The van der Waals surface area contributed by atoms with Gasteiger partial charge in [0.15, 0.2) is 17.3 Å². The van der Waals surface area contributed by atoms with Crippen LogP contribution >= 0.6 is 12.4 Å². The molecule has 1 N–H and O–H groups in total. The van der Waals surface area contributed by atoms with Crippen molar-refractivity contribution in [1.29, 1.82) is 0 Å². The molecule has 3 rings (SSSR count). The topological polar surface area (TPSA) is 67.9 Å². The van der Waals surface area contributed by atoms with Crippen LogP contribution in [0, 0.1) is 0 Å². The highest BCUT2D eigenvalue weighted by atomic mass is 35.5. The lowest BCUT2D eigenvalue weighted by atomic mass is 10.0. The van der Waals surface area contributed by atoms with Gasteiger partial charge < -0.3 is 19.7 Å². The van der Waals surface area contributed by atoms with E-state index in [0.717, 1.165) is 60.7 Å². The molecule has 0 saturated carbocycles. The van der Waals surface area contributed by atoms with E-state index in [4.69, 9.17) is 9.47 Å². The molecule has 1 aliphatic heterocycles. The van der Waals surface area contributed by atoms with Crippen molar-refractivity contribution in [2.24, 2.45) is 0 Å². The number of hydrogen-bond acceptors (Lipinski definition) is 5. The van der Waals surface area contributed by atoms with Crippen molar-refractivity contribution >= 4 is 29.8 Å². The number of hydrogen-bond donors (Lipinski definition) is 1. The summed E-state index contributed by atoms with van der Waals surface area (Å²) in [5, 5.41) is 3.36. The van der Waals surface area contributed by atoms with E-state index in [1.54, 1.807) is 11.8 Å². The van der Waals surface area contributed by atoms with Crippen LogP contribution in [0.25, 0.3) is 0 Å². The van der Waals surface area contributed by atoms with Gasteiger partial charge in [0.2, 0.25) is 5.91 Å². The van der Waals surface area contributed by atoms with Crippen molar-refractivity contribution in [2.75, 3.05) is 37.7 Å². The number of nitrogens with zero attached hydrogens (tertiary/aromatic N) is 1. The first-order valence-electron chi connectivity index (χ1n) is 11.1. The second-order valence-corrected chi connectivity index (χ2v) is 7.62. The van der Waals surface area contributed by atoms with Gasteiger partial charge in [0.05, 0.1) is 6.61 Å². The average molecular weight is 461 g/mol. The smallest absolute Gasteiger partial charge is 0.223 e. The molecule has 0 fully saturated rings. The molecule has 6 nitrogen and oxygen atoms in total. The third kappa shape index (κ3) is 6.97. The van der Waals surface area contributed by atoms with Gasteiger partial charge in [-0.15, -0.1) is 12.4 Å². The third-order valence-corrected chi connectivity index (χ3v) is 5.37. The van der Waals surface area contributed by atoms with E-state index >= 15 is 0 Å². The largest absolute Gasteiger partial charge is 0.490 e. The van der Waals surface area contributed by atoms with Gasteiger partial charge in [-0.05, 0) is 68.6 Å². The van der Waals surface area contributed by atoms with Crippen LogP contribution in [0.5, 0.6) is 11.5 Å². The number of Topliss-reactive ketones (excluding diaryl/α,β-unsaturated/α-hetero) is 1. The maximum atomic E-state index is 12.5. The molecule has 0 aliphatic carbocycles. The number of nitrogens with one attached hydrogen (secondary N) is 1. The maximum absolute atomic E-state index is 12.5. The van der Waals surface area contributed by atoms with Gasteiger partial charge in [-0.25, -0.2) is 0 Å². The number of ketones is 1. The number of rotatable bonds is 12. The van der Waals surface area contributed by atoms with Crippen molar-refractivity contribution in [2.45, 2.75) is 39.5 Å². The fraction of sp³-hybridized carbons (Fsp3) is 0.440. The van der Waals surface area contributed by atoms with Crippen molar-refractivity contribution in [3.05, 3.63) is 53.6 Å². The van der Waals surface area contributed by atoms with Crippen molar-refractivity contribution in [3.63, 3.8) is 0 Å². The highest BCUT2D eigenvalue weighted by molar-refractivity contribution is 5.98. The van der Waals surface area contributed by atoms with E-state index in [9.17, 15) is 9.59 Å². The maximum Gasteiger partial charge on any atom is 0.223 e. The van der Waals surface area contributed by atoms with E-state index in [1.807, 2.05) is 49.4 Å². The molecule has 1 heterocycles. The van der Waals surface area contributed by atoms with Crippen molar-refractivity contribution in [3.8, 4) is 11.5 Å². The highest BCUT2D eigenvalue weighted by Gasteiger charge is 2.22. The SMILES string of the molecule is CCOc1ccccc1OCCNCCCCC(=O)c1ccc2c(c1)CCN2C(C)=O.Cl. The van der Waals surface area contributed by atoms with Crippen molar-refractivity contribution < 1.29 is 19.1 Å². The molecule has 1 aliphatic rings. The lowest BCUT2D eigenvalue weighted by Gasteiger charge is -2.14. The fourth-order valence-electron chi connectivity index (χ4n) is 3.78. The Bertz CT molecular complexity index is 903. The summed E-state index contributed by atoms with van der Waals surface area (Å²) in [5.41, 5.74) is 2.78. The first kappa shape index (κ1) is 25.7. The molecule has 7 heteroatoms. The molecule has 32 heavy (non-hydrogen) atoms. The van der Waals surface area contributed by atoms with Crippen LogP contribution in [0.2, 0.25) is 0 Å². The number of ether oxygens (including phenoxy) is 2. The van der Waals surface area contributed by atoms with E-state index in [1.165, 1.54) is 0 Å². The Hall–Kier alpha value is -2.57. The van der Waals surface area contributed by atoms with Crippen LogP contribution in [0.15, 0.2) is 42.5 Å². The Kier molecular flexibility index (Phi) is 10.5. The second-order valence-electron chi connectivity index (χ2n) is 7.62. The zero-order valence-electron chi connectivity index (χ0n) is 18.9. The zero-order chi connectivity index (χ0) is 22.1. The number of carbonyl (C=O) groups is 2. The van der Waals surface area contributed by atoms with Gasteiger partial charge in [-0.2, -0.15) is 0 Å². The molecule has 2 aromatic carbocycles. The Morgan fingerprint density at radius 2 is 1.78 bits per heavy atom. The molecule has 0 atom stereocenters. The Morgan fingerprint density at radius 1 is 1.03 bits per heavy atom. The van der Waals surface area contributed by atoms with Gasteiger partial charge in [-0.1, -0.05) is 12.1 Å². The Balaban J connectivity index is 0.00000363. The van der Waals surface area contributed by atoms with Gasteiger partial charge in [0, 0.05) is 37.7 Å². The van der Waals surface area contributed by atoms with Crippen LogP contribution in [0.3, 0.4) is 0 Å². The minimum atomic E-state index is 0. The summed E-state index contributed by atoms with van der Waals surface area (Å²) in [6.45, 7) is 7.00. The number of unbranched alkanes of at least 4 members (excludes halogenated alkanes) is 1. The second kappa shape index (κ2) is 13.1. The summed E-state index contributed by atoms with van der Waals surface area (Å²) < 4.78 is 11.3. The van der Waals surface area contributed by atoms with E-state index in [2.05, 4.69) is 5.32 Å². The van der Waals surface area contributed by atoms with Crippen LogP contribution in [-0.2, 0) is 11.2 Å². The Morgan fingerprint density at radius 3 is 2.50 bits per heavy atom. The summed E-state index contributed by atoms with van der Waals surface area (Å²) in [6.07, 6.45) is 3.13. The van der Waals surface area contributed by atoms with Gasteiger partial charge in [0.1, 0.15) is 6.61 Å². The van der Waals surface area contributed by atoms with E-state index in [0.29, 0.717) is 26.2 Å². The predicted molar refractivity (Wildman–Crippen MR) is 130 cm³/mol. The van der Waals surface area contributed by atoms with Gasteiger partial charge >= 0.3 is 0 Å². The summed E-state index contributed by atoms with van der Waals surface area (Å²) in [7, 11) is 0. The molecule has 2 aromatic rings. The minimum Gasteiger partial charge on any atom is -0.490 e. The summed E-state index contributed by atoms with van der Waals surface area (Å²) in [5.74, 6) is 1.75. The predicted octanol–water partition coefficient (Wildman–Crippen LogP) is 4.44. The molecular weight excluding hydrogens is 428 g/mol. The van der Waals surface area contributed by atoms with E-state index in [-0.39, 0.29) is 24.1 Å². The van der Waals surface area contributed by atoms with Crippen molar-refractivity contribution in [1.82, 2.24) is 5.32 Å². The first-order chi connectivity index (χ1) is 15.1. The standard InChI is InChI=1S/C25H32N2O4.ClH/c1-3-30-24-9-4-5-10-25(24)31-17-15-26-14-7-6-8-23(29)21-11-12-22-20(18-21)13-16-27(22)19(2)28;/h4-5,9-12,18,26H,3,6-8,13-17H2,1-2H3;1H. The van der Waals surface area contributed by atoms with Crippen LogP contribution in [-0.4, -0.2) is 44.5 Å². The number of amides is 1. The minimum absolute atomic E-state index is 0. The van der Waals surface area contributed by atoms with Gasteiger partial charge in [0.25, 0.3) is 0 Å². The molecule has 0 radical (unpaired) electrons. The molecule has 174 valence electrons. The first-order valence-corrected chi connectivity index (χ1v) is 11.1. The fourth-order valence-corrected chi connectivity index (χ4v) is 3.78. The van der Waals surface area contributed by atoms with Crippen LogP contribution in [0.1, 0.15) is 49.0 Å². The number of halogens is 1. The average Bonchev–Trinajstić information content (AvgIpc) is 3.20. The lowest BCUT2D eigenvalue weighted by Crippen LogP contribution is -2.25. The zero-order valence-corrected chi connectivity index (χ0v) is 19.7. The van der Waals surface area contributed by atoms with Gasteiger partial charge in [-0.3, -0.25) is 9.59 Å². The third-order valence-electron chi connectivity index (χ3n) is 5.37. The van der Waals surface area contributed by atoms with Crippen LogP contribution in [0.4, 0.5) is 5.69 Å². The summed E-state index contributed by atoms with van der Waals surface area (Å²) in [4.78, 5) is 25.9. The number of carbonyl (C=O) groups excluding carboxylic acids is 2. The monoisotopic (exact) mass is 460 g/mol. The van der Waals surface area contributed by atoms with Crippen LogP contribution < -0.4 is 19.7 Å². The summed E-state index contributed by atoms with van der Waals surface area (Å²) >= 11 is 0. The number of anilines is 1.